The largest absolute Gasteiger partial charge is 0.497 e. The Hall–Kier alpha value is -2.22. The lowest BCUT2D eigenvalue weighted by atomic mass is 10.1. The van der Waals surface area contributed by atoms with Gasteiger partial charge in [0.2, 0.25) is 5.91 Å². The van der Waals surface area contributed by atoms with Gasteiger partial charge >= 0.3 is 0 Å². The van der Waals surface area contributed by atoms with Gasteiger partial charge in [0.25, 0.3) is 0 Å². The van der Waals surface area contributed by atoms with Crippen LogP contribution in [-0.2, 0) is 11.8 Å². The van der Waals surface area contributed by atoms with E-state index in [1.165, 1.54) is 11.8 Å². The molecule has 23 heavy (non-hydrogen) atoms. The van der Waals surface area contributed by atoms with Crippen LogP contribution >= 0.6 is 11.8 Å². The molecule has 2 aromatic rings. The van der Waals surface area contributed by atoms with Gasteiger partial charge in [-0.15, -0.1) is 10.2 Å². The summed E-state index contributed by atoms with van der Waals surface area (Å²) >= 11 is 1.34. The molecule has 0 saturated carbocycles. The molecule has 1 N–H and O–H groups in total. The average molecular weight is 336 g/mol. The zero-order valence-electron chi connectivity index (χ0n) is 13.6. The normalized spacial score (nSPS) is 11.8. The van der Waals surface area contributed by atoms with Crippen LogP contribution in [0.5, 0.6) is 11.5 Å². The second-order valence-electron chi connectivity index (χ2n) is 4.91. The molecule has 0 unspecified atom stereocenters. The lowest BCUT2D eigenvalue weighted by Crippen LogP contribution is -2.28. The van der Waals surface area contributed by atoms with Gasteiger partial charge in [-0.2, -0.15) is 0 Å². The van der Waals surface area contributed by atoms with Crippen molar-refractivity contribution in [2.75, 3.05) is 20.0 Å². The van der Waals surface area contributed by atoms with E-state index in [1.54, 1.807) is 25.1 Å². The molecule has 7 nitrogen and oxygen atoms in total. The summed E-state index contributed by atoms with van der Waals surface area (Å²) in [7, 11) is 5.04. The molecule has 1 aromatic heterocycles. The highest BCUT2D eigenvalue weighted by atomic mass is 32.2. The number of aryl methyl sites for hydroxylation is 1. The fourth-order valence-corrected chi connectivity index (χ4v) is 2.77. The summed E-state index contributed by atoms with van der Waals surface area (Å²) in [4.78, 5) is 12.1. The van der Waals surface area contributed by atoms with E-state index in [9.17, 15) is 4.79 Å². The number of thioether (sulfide) groups is 1. The Morgan fingerprint density at radius 2 is 2.17 bits per heavy atom. The van der Waals surface area contributed by atoms with Crippen molar-refractivity contribution in [1.82, 2.24) is 20.1 Å². The molecule has 2 rings (SSSR count). The van der Waals surface area contributed by atoms with Crippen LogP contribution in [0.25, 0.3) is 0 Å². The number of ether oxygens (including phenoxy) is 2. The summed E-state index contributed by atoms with van der Waals surface area (Å²) in [6, 6.07) is 5.30. The molecule has 0 aliphatic heterocycles. The van der Waals surface area contributed by atoms with Gasteiger partial charge in [-0.25, -0.2) is 0 Å². The number of rotatable bonds is 7. The third kappa shape index (κ3) is 4.38. The summed E-state index contributed by atoms with van der Waals surface area (Å²) in [6.07, 6.45) is 1.60. The first-order chi connectivity index (χ1) is 11.0. The lowest BCUT2D eigenvalue weighted by Gasteiger charge is -2.18. The Morgan fingerprint density at radius 1 is 1.39 bits per heavy atom. The Labute approximate surface area is 139 Å². The topological polar surface area (TPSA) is 78.3 Å². The lowest BCUT2D eigenvalue weighted by molar-refractivity contribution is -0.119. The second kappa shape index (κ2) is 7.87. The van der Waals surface area contributed by atoms with E-state index < -0.39 is 0 Å². The molecule has 0 fully saturated rings. The maximum absolute atomic E-state index is 12.1. The predicted molar refractivity (Wildman–Crippen MR) is 87.8 cm³/mol. The Kier molecular flexibility index (Phi) is 5.86. The summed E-state index contributed by atoms with van der Waals surface area (Å²) < 4.78 is 12.3. The number of hydrogen-bond donors (Lipinski definition) is 1. The van der Waals surface area contributed by atoms with Gasteiger partial charge < -0.3 is 19.4 Å². The van der Waals surface area contributed by atoms with E-state index in [-0.39, 0.29) is 17.7 Å². The highest BCUT2D eigenvalue weighted by Crippen LogP contribution is 2.29. The highest BCUT2D eigenvalue weighted by Gasteiger charge is 2.16. The van der Waals surface area contributed by atoms with Gasteiger partial charge in [0, 0.05) is 12.6 Å². The number of carbonyl (C=O) groups is 1. The maximum atomic E-state index is 12.1. The molecular formula is C15H20N4O3S. The molecule has 0 spiro atoms. The molecule has 1 atom stereocenters. The number of nitrogens with one attached hydrogen (secondary N) is 1. The number of benzene rings is 1. The van der Waals surface area contributed by atoms with Crippen LogP contribution in [0.1, 0.15) is 18.5 Å². The second-order valence-corrected chi connectivity index (χ2v) is 5.85. The predicted octanol–water partition coefficient (Wildman–Crippen LogP) is 1.80. The summed E-state index contributed by atoms with van der Waals surface area (Å²) in [5.74, 6) is 1.61. The fourth-order valence-electron chi connectivity index (χ4n) is 2.07. The van der Waals surface area contributed by atoms with Crippen LogP contribution in [0, 0.1) is 0 Å². The summed E-state index contributed by atoms with van der Waals surface area (Å²) in [5.41, 5.74) is 0.865. The van der Waals surface area contributed by atoms with Crippen LogP contribution in [-0.4, -0.2) is 40.6 Å². The standard InChI is InChI=1S/C15H20N4O3S/c1-10(12-7-11(21-3)5-6-13(12)22-4)17-14(20)8-23-15-18-16-9-19(15)2/h5-7,9-10H,8H2,1-4H3,(H,17,20)/t10-/m1/s1. The molecule has 0 saturated heterocycles. The van der Waals surface area contributed by atoms with Gasteiger partial charge in [0.05, 0.1) is 26.0 Å². The van der Waals surface area contributed by atoms with Crippen molar-refractivity contribution >= 4 is 17.7 Å². The van der Waals surface area contributed by atoms with Crippen molar-refractivity contribution in [2.45, 2.75) is 18.1 Å². The zero-order chi connectivity index (χ0) is 16.8. The smallest absolute Gasteiger partial charge is 0.230 e. The number of nitrogens with zero attached hydrogens (tertiary/aromatic N) is 3. The Balaban J connectivity index is 1.99. The van der Waals surface area contributed by atoms with Crippen molar-refractivity contribution in [3.05, 3.63) is 30.1 Å². The Bertz CT molecular complexity index is 674. The minimum absolute atomic E-state index is 0.0876. The molecule has 0 aliphatic carbocycles. The molecular weight excluding hydrogens is 316 g/mol. The van der Waals surface area contributed by atoms with Crippen LogP contribution in [0.4, 0.5) is 0 Å². The zero-order valence-corrected chi connectivity index (χ0v) is 14.4. The molecule has 124 valence electrons. The summed E-state index contributed by atoms with van der Waals surface area (Å²) in [5, 5.41) is 11.4. The molecule has 1 amide bonds. The number of carbonyl (C=O) groups excluding carboxylic acids is 1. The van der Waals surface area contributed by atoms with E-state index in [0.29, 0.717) is 10.9 Å². The van der Waals surface area contributed by atoms with Crippen molar-refractivity contribution in [3.63, 3.8) is 0 Å². The molecule has 0 aliphatic rings. The quantitative estimate of drug-likeness (QED) is 0.777. The Morgan fingerprint density at radius 3 is 2.78 bits per heavy atom. The number of hydrogen-bond acceptors (Lipinski definition) is 6. The van der Waals surface area contributed by atoms with Crippen LogP contribution < -0.4 is 14.8 Å². The minimum Gasteiger partial charge on any atom is -0.497 e. The van der Waals surface area contributed by atoms with Crippen molar-refractivity contribution in [3.8, 4) is 11.5 Å². The summed E-state index contributed by atoms with van der Waals surface area (Å²) in [6.45, 7) is 1.90. The van der Waals surface area contributed by atoms with Crippen LogP contribution in [0.2, 0.25) is 0 Å². The third-order valence-electron chi connectivity index (χ3n) is 3.28. The third-order valence-corrected chi connectivity index (χ3v) is 4.32. The molecule has 1 heterocycles. The van der Waals surface area contributed by atoms with Gasteiger partial charge in [0.15, 0.2) is 5.16 Å². The van der Waals surface area contributed by atoms with E-state index in [1.807, 2.05) is 32.2 Å². The fraction of sp³-hybridized carbons (Fsp3) is 0.400. The minimum atomic E-state index is -0.201. The first-order valence-electron chi connectivity index (χ1n) is 7.03. The van der Waals surface area contributed by atoms with Gasteiger partial charge in [0.1, 0.15) is 17.8 Å². The average Bonchev–Trinajstić information content (AvgIpc) is 2.97. The number of methoxy groups -OCH3 is 2. The van der Waals surface area contributed by atoms with Crippen molar-refractivity contribution in [1.29, 1.82) is 0 Å². The van der Waals surface area contributed by atoms with E-state index >= 15 is 0 Å². The first-order valence-corrected chi connectivity index (χ1v) is 8.01. The van der Waals surface area contributed by atoms with Gasteiger partial charge in [-0.05, 0) is 25.1 Å². The molecule has 1 aromatic carbocycles. The number of aromatic nitrogens is 3. The first kappa shape index (κ1) is 17.1. The van der Waals surface area contributed by atoms with E-state index in [0.717, 1.165) is 11.3 Å². The van der Waals surface area contributed by atoms with Crippen LogP contribution in [0.15, 0.2) is 29.7 Å². The molecule has 8 heteroatoms. The number of amides is 1. The van der Waals surface area contributed by atoms with Gasteiger partial charge in [-0.1, -0.05) is 11.8 Å². The monoisotopic (exact) mass is 336 g/mol. The van der Waals surface area contributed by atoms with E-state index in [4.69, 9.17) is 9.47 Å². The van der Waals surface area contributed by atoms with Crippen molar-refractivity contribution < 1.29 is 14.3 Å². The maximum Gasteiger partial charge on any atom is 0.230 e. The molecule has 0 bridgehead atoms. The van der Waals surface area contributed by atoms with Crippen molar-refractivity contribution in [2.24, 2.45) is 7.05 Å². The van der Waals surface area contributed by atoms with Crippen LogP contribution in [0.3, 0.4) is 0 Å². The SMILES string of the molecule is COc1ccc(OC)c([C@@H](C)NC(=O)CSc2nncn2C)c1. The van der Waals surface area contributed by atoms with E-state index in [2.05, 4.69) is 15.5 Å². The van der Waals surface area contributed by atoms with Gasteiger partial charge in [-0.3, -0.25) is 4.79 Å². The molecule has 0 radical (unpaired) electrons. The highest BCUT2D eigenvalue weighted by molar-refractivity contribution is 7.99.